The number of sulfonamides is 1. The maximum Gasteiger partial charge on any atom is 0.297 e. The highest BCUT2D eigenvalue weighted by Gasteiger charge is 2.33. The van der Waals surface area contributed by atoms with Gasteiger partial charge in [-0.1, -0.05) is 12.1 Å². The molecule has 0 N–H and O–H groups in total. The molecule has 2 aromatic rings. The number of rotatable bonds is 2. The molecule has 0 atom stereocenters. The van der Waals surface area contributed by atoms with Crippen LogP contribution < -0.4 is 4.31 Å². The number of benzene rings is 1. The Morgan fingerprint density at radius 1 is 1.19 bits per heavy atom. The summed E-state index contributed by atoms with van der Waals surface area (Å²) in [6.45, 7) is 3.56. The van der Waals surface area contributed by atoms with Crippen LogP contribution in [0.2, 0.25) is 0 Å². The first-order valence-corrected chi connectivity index (χ1v) is 8.22. The quantitative estimate of drug-likeness (QED) is 0.856. The lowest BCUT2D eigenvalue weighted by atomic mass is 10.0. The smallest absolute Gasteiger partial charge is 0.297 e. The summed E-state index contributed by atoms with van der Waals surface area (Å²) in [5.41, 5.74) is 1.32. The van der Waals surface area contributed by atoms with E-state index in [4.69, 9.17) is 4.42 Å². The Hall–Kier alpha value is -1.82. The zero-order chi connectivity index (χ0) is 15.2. The highest BCUT2D eigenvalue weighted by Crippen LogP contribution is 2.35. The Labute approximate surface area is 123 Å². The van der Waals surface area contributed by atoms with Gasteiger partial charge < -0.3 is 4.42 Å². The first kappa shape index (κ1) is 14.1. The van der Waals surface area contributed by atoms with Crippen LogP contribution >= 0.6 is 0 Å². The summed E-state index contributed by atoms with van der Waals surface area (Å²) in [4.78, 5) is 0. The molecule has 21 heavy (non-hydrogen) atoms. The molecule has 0 saturated carbocycles. The molecular weight excluding hydrogens is 293 g/mol. The zero-order valence-electron chi connectivity index (χ0n) is 11.9. The maximum absolute atomic E-state index is 14.4. The third-order valence-corrected chi connectivity index (χ3v) is 5.38. The minimum Gasteiger partial charge on any atom is -0.448 e. The van der Waals surface area contributed by atoms with Gasteiger partial charge in [-0.25, -0.2) is 4.39 Å². The second kappa shape index (κ2) is 4.87. The number of hydrogen-bond donors (Lipinski definition) is 0. The second-order valence-electron chi connectivity index (χ2n) is 5.25. The van der Waals surface area contributed by atoms with Gasteiger partial charge in [0.1, 0.15) is 5.76 Å². The Morgan fingerprint density at radius 2 is 1.95 bits per heavy atom. The Balaban J connectivity index is 2.16. The average Bonchev–Trinajstić information content (AvgIpc) is 2.90. The molecule has 1 aromatic carbocycles. The molecular formula is C15H16FNO3S. The van der Waals surface area contributed by atoms with Gasteiger partial charge in [-0.05, 0) is 49.9 Å². The number of nitrogens with zero attached hydrogens (tertiary/aromatic N) is 1. The van der Waals surface area contributed by atoms with Crippen molar-refractivity contribution >= 4 is 15.7 Å². The lowest BCUT2D eigenvalue weighted by Gasteiger charge is -2.30. The largest absolute Gasteiger partial charge is 0.448 e. The summed E-state index contributed by atoms with van der Waals surface area (Å²) in [6.07, 6.45) is 1.34. The molecule has 2 heterocycles. The van der Waals surface area contributed by atoms with Gasteiger partial charge in [0.15, 0.2) is 5.82 Å². The van der Waals surface area contributed by atoms with Crippen LogP contribution in [0.25, 0.3) is 0 Å². The van der Waals surface area contributed by atoms with Gasteiger partial charge >= 0.3 is 0 Å². The van der Waals surface area contributed by atoms with E-state index in [1.54, 1.807) is 32.0 Å². The molecule has 112 valence electrons. The number of furan rings is 1. The normalized spacial score (nSPS) is 15.1. The molecule has 0 fully saturated rings. The molecule has 1 aliphatic rings. The lowest BCUT2D eigenvalue weighted by molar-refractivity contribution is 0.427. The van der Waals surface area contributed by atoms with Crippen molar-refractivity contribution in [2.24, 2.45) is 0 Å². The van der Waals surface area contributed by atoms with Crippen LogP contribution in [0, 0.1) is 19.7 Å². The van der Waals surface area contributed by atoms with Crippen LogP contribution in [-0.4, -0.2) is 15.0 Å². The fraction of sp³-hybridized carbons (Fsp3) is 0.333. The summed E-state index contributed by atoms with van der Waals surface area (Å²) < 4.78 is 46.2. The van der Waals surface area contributed by atoms with E-state index in [0.717, 1.165) is 9.87 Å². The summed E-state index contributed by atoms with van der Waals surface area (Å²) in [7, 11) is -3.87. The summed E-state index contributed by atoms with van der Waals surface area (Å²) in [6, 6.07) is 6.47. The van der Waals surface area contributed by atoms with E-state index in [9.17, 15) is 12.8 Å². The van der Waals surface area contributed by atoms with Crippen LogP contribution in [0.5, 0.6) is 0 Å². The average molecular weight is 309 g/mol. The minimum atomic E-state index is -3.87. The van der Waals surface area contributed by atoms with Gasteiger partial charge in [0.25, 0.3) is 10.0 Å². The van der Waals surface area contributed by atoms with Crippen molar-refractivity contribution in [2.75, 3.05) is 10.8 Å². The van der Waals surface area contributed by atoms with Crippen LogP contribution in [0.3, 0.4) is 0 Å². The van der Waals surface area contributed by atoms with Gasteiger partial charge in [-0.3, -0.25) is 4.31 Å². The fourth-order valence-electron chi connectivity index (χ4n) is 2.60. The highest BCUT2D eigenvalue weighted by atomic mass is 32.2. The molecule has 0 bridgehead atoms. The number of anilines is 1. The third-order valence-electron chi connectivity index (χ3n) is 3.71. The molecule has 0 saturated heterocycles. The van der Waals surface area contributed by atoms with Gasteiger partial charge in [0.05, 0.1) is 5.69 Å². The Kier molecular flexibility index (Phi) is 3.28. The molecule has 0 spiro atoms. The maximum atomic E-state index is 14.4. The first-order chi connectivity index (χ1) is 9.91. The topological polar surface area (TPSA) is 50.5 Å². The van der Waals surface area contributed by atoms with E-state index in [1.165, 1.54) is 6.07 Å². The summed E-state index contributed by atoms with van der Waals surface area (Å²) in [5.74, 6) is 0.0366. The standard InChI is InChI=1S/C15H16FNO3S/c1-10-5-7-12-4-3-9-17(15(12)14(10)16)21(18,19)13-8-6-11(2)20-13/h5-8H,3-4,9H2,1-2H3. The number of aryl methyl sites for hydroxylation is 3. The molecule has 0 aliphatic carbocycles. The van der Waals surface area contributed by atoms with Crippen LogP contribution in [0.15, 0.2) is 33.8 Å². The zero-order valence-corrected chi connectivity index (χ0v) is 12.7. The monoisotopic (exact) mass is 309 g/mol. The van der Waals surface area contributed by atoms with Gasteiger partial charge in [-0.15, -0.1) is 0 Å². The number of fused-ring (bicyclic) bond motifs is 1. The number of halogens is 1. The van der Waals surface area contributed by atoms with Crippen molar-refractivity contribution in [3.8, 4) is 0 Å². The number of hydrogen-bond acceptors (Lipinski definition) is 3. The molecule has 4 nitrogen and oxygen atoms in total. The molecule has 0 radical (unpaired) electrons. The third kappa shape index (κ3) is 2.23. The van der Waals surface area contributed by atoms with Crippen molar-refractivity contribution in [1.82, 2.24) is 0 Å². The van der Waals surface area contributed by atoms with E-state index < -0.39 is 15.8 Å². The Bertz CT molecular complexity index is 795. The van der Waals surface area contributed by atoms with Crippen molar-refractivity contribution in [3.05, 3.63) is 47.0 Å². The van der Waals surface area contributed by atoms with Crippen LogP contribution in [0.4, 0.5) is 10.1 Å². The molecule has 6 heteroatoms. The van der Waals surface area contributed by atoms with Crippen LogP contribution in [-0.2, 0) is 16.4 Å². The summed E-state index contributed by atoms with van der Waals surface area (Å²) >= 11 is 0. The van der Waals surface area contributed by atoms with Crippen molar-refractivity contribution in [2.45, 2.75) is 31.8 Å². The molecule has 3 rings (SSSR count). The molecule has 0 amide bonds. The second-order valence-corrected chi connectivity index (χ2v) is 7.04. The minimum absolute atomic E-state index is 0.145. The predicted octanol–water partition coefficient (Wildman–Crippen LogP) is 3.18. The van der Waals surface area contributed by atoms with Crippen molar-refractivity contribution in [1.29, 1.82) is 0 Å². The van der Waals surface area contributed by atoms with E-state index in [2.05, 4.69) is 0 Å². The van der Waals surface area contributed by atoms with Gasteiger partial charge in [0.2, 0.25) is 5.09 Å². The molecule has 1 aromatic heterocycles. The van der Waals surface area contributed by atoms with E-state index in [1.807, 2.05) is 0 Å². The lowest BCUT2D eigenvalue weighted by Crippen LogP contribution is -2.36. The van der Waals surface area contributed by atoms with Gasteiger partial charge in [-0.2, -0.15) is 8.42 Å². The fourth-order valence-corrected chi connectivity index (χ4v) is 4.10. The van der Waals surface area contributed by atoms with Crippen molar-refractivity contribution < 1.29 is 17.2 Å². The summed E-state index contributed by atoms with van der Waals surface area (Å²) in [5, 5.41) is -0.145. The van der Waals surface area contributed by atoms with E-state index in [0.29, 0.717) is 24.2 Å². The molecule has 1 aliphatic heterocycles. The SMILES string of the molecule is Cc1ccc(S(=O)(=O)N2CCCc3ccc(C)c(F)c32)o1. The first-order valence-electron chi connectivity index (χ1n) is 6.78. The van der Waals surface area contributed by atoms with Crippen LogP contribution in [0.1, 0.15) is 23.3 Å². The molecule has 0 unspecified atom stereocenters. The van der Waals surface area contributed by atoms with Crippen molar-refractivity contribution in [3.63, 3.8) is 0 Å². The predicted molar refractivity (Wildman–Crippen MR) is 77.4 cm³/mol. The van der Waals surface area contributed by atoms with Gasteiger partial charge in [0, 0.05) is 6.54 Å². The van der Waals surface area contributed by atoms with E-state index >= 15 is 0 Å². The Morgan fingerprint density at radius 3 is 2.62 bits per heavy atom. The highest BCUT2D eigenvalue weighted by molar-refractivity contribution is 7.92. The van der Waals surface area contributed by atoms with E-state index in [-0.39, 0.29) is 17.3 Å².